The summed E-state index contributed by atoms with van der Waals surface area (Å²) in [7, 11) is -3.77. The smallest absolute Gasteiger partial charge is 0.241 e. The van der Waals surface area contributed by atoms with Crippen LogP contribution >= 0.6 is 11.6 Å². The van der Waals surface area contributed by atoms with E-state index in [0.29, 0.717) is 31.2 Å². The van der Waals surface area contributed by atoms with Crippen molar-refractivity contribution in [3.8, 4) is 0 Å². The SMILES string of the molecule is CC(C)[C@H](NS(=O)(=O)c1ccccc1)C(=O)N1CCN(c2ccccc2Cl)CC1. The number of para-hydroxylation sites is 1. The van der Waals surface area contributed by atoms with Crippen LogP contribution in [-0.2, 0) is 14.8 Å². The number of anilines is 1. The standard InChI is InChI=1S/C21H26ClN3O3S/c1-16(2)20(23-29(27,28)17-8-4-3-5-9-17)21(26)25-14-12-24(13-15-25)19-11-7-6-10-18(19)22/h3-11,16,20,23H,12-15H2,1-2H3/t20-/m0/s1. The van der Waals surface area contributed by atoms with E-state index < -0.39 is 16.1 Å². The molecule has 0 spiro atoms. The van der Waals surface area contributed by atoms with Crippen molar-refractivity contribution in [3.63, 3.8) is 0 Å². The fraction of sp³-hybridized carbons (Fsp3) is 0.381. The van der Waals surface area contributed by atoms with Crippen LogP contribution in [0.1, 0.15) is 13.8 Å². The lowest BCUT2D eigenvalue weighted by Crippen LogP contribution is -2.56. The van der Waals surface area contributed by atoms with Gasteiger partial charge in [0.15, 0.2) is 0 Å². The monoisotopic (exact) mass is 435 g/mol. The van der Waals surface area contributed by atoms with E-state index in [0.717, 1.165) is 5.69 Å². The minimum absolute atomic E-state index is 0.155. The second-order valence-electron chi connectivity index (χ2n) is 7.42. The molecule has 2 aromatic carbocycles. The number of carbonyl (C=O) groups is 1. The van der Waals surface area contributed by atoms with Gasteiger partial charge in [0.2, 0.25) is 15.9 Å². The van der Waals surface area contributed by atoms with Gasteiger partial charge in [0.1, 0.15) is 6.04 Å². The van der Waals surface area contributed by atoms with Crippen LogP contribution in [0.4, 0.5) is 5.69 Å². The van der Waals surface area contributed by atoms with Crippen LogP contribution in [0.25, 0.3) is 0 Å². The average molecular weight is 436 g/mol. The Bertz CT molecular complexity index is 943. The number of sulfonamides is 1. The van der Waals surface area contributed by atoms with Crippen LogP contribution in [-0.4, -0.2) is 51.4 Å². The molecule has 1 heterocycles. The third-order valence-electron chi connectivity index (χ3n) is 5.05. The average Bonchev–Trinajstić information content (AvgIpc) is 2.72. The molecule has 0 saturated carbocycles. The number of benzene rings is 2. The molecule has 1 saturated heterocycles. The summed E-state index contributed by atoms with van der Waals surface area (Å²) in [5.41, 5.74) is 0.950. The molecule has 3 rings (SSSR count). The van der Waals surface area contributed by atoms with Crippen LogP contribution in [0, 0.1) is 5.92 Å². The van der Waals surface area contributed by atoms with Gasteiger partial charge in [-0.05, 0) is 30.2 Å². The predicted molar refractivity (Wildman–Crippen MR) is 116 cm³/mol. The molecular weight excluding hydrogens is 410 g/mol. The van der Waals surface area contributed by atoms with Crippen LogP contribution < -0.4 is 9.62 Å². The minimum atomic E-state index is -3.77. The van der Waals surface area contributed by atoms with Crippen LogP contribution in [0.2, 0.25) is 5.02 Å². The number of piperazine rings is 1. The van der Waals surface area contributed by atoms with Gasteiger partial charge in [-0.2, -0.15) is 4.72 Å². The van der Waals surface area contributed by atoms with E-state index in [2.05, 4.69) is 9.62 Å². The highest BCUT2D eigenvalue weighted by atomic mass is 35.5. The van der Waals surface area contributed by atoms with Crippen molar-refractivity contribution in [2.45, 2.75) is 24.8 Å². The normalized spacial score (nSPS) is 16.1. The second-order valence-corrected chi connectivity index (χ2v) is 9.54. The lowest BCUT2D eigenvalue weighted by molar-refractivity contribution is -0.134. The summed E-state index contributed by atoms with van der Waals surface area (Å²) in [5.74, 6) is -0.374. The highest BCUT2D eigenvalue weighted by Crippen LogP contribution is 2.26. The predicted octanol–water partition coefficient (Wildman–Crippen LogP) is 2.99. The lowest BCUT2D eigenvalue weighted by Gasteiger charge is -2.38. The Labute approximate surface area is 177 Å². The molecule has 1 atom stereocenters. The number of hydrogen-bond donors (Lipinski definition) is 1. The number of halogens is 1. The van der Waals surface area contributed by atoms with Crippen molar-refractivity contribution >= 4 is 33.2 Å². The minimum Gasteiger partial charge on any atom is -0.367 e. The molecule has 0 bridgehead atoms. The van der Waals surface area contributed by atoms with E-state index in [9.17, 15) is 13.2 Å². The number of nitrogens with one attached hydrogen (secondary N) is 1. The Morgan fingerprint density at radius 2 is 1.55 bits per heavy atom. The molecule has 156 valence electrons. The van der Waals surface area contributed by atoms with Crippen molar-refractivity contribution in [1.29, 1.82) is 0 Å². The Hall–Kier alpha value is -2.09. The summed E-state index contributed by atoms with van der Waals surface area (Å²) in [5, 5.41) is 0.683. The van der Waals surface area contributed by atoms with E-state index in [4.69, 9.17) is 11.6 Å². The second kappa shape index (κ2) is 9.15. The highest BCUT2D eigenvalue weighted by Gasteiger charge is 2.33. The number of hydrogen-bond acceptors (Lipinski definition) is 4. The highest BCUT2D eigenvalue weighted by molar-refractivity contribution is 7.89. The molecule has 0 radical (unpaired) electrons. The first-order chi connectivity index (χ1) is 13.8. The molecule has 1 aliphatic rings. The van der Waals surface area contributed by atoms with Gasteiger partial charge in [0.25, 0.3) is 0 Å². The fourth-order valence-electron chi connectivity index (χ4n) is 3.38. The Kier molecular flexibility index (Phi) is 6.82. The van der Waals surface area contributed by atoms with Crippen LogP contribution in [0.3, 0.4) is 0 Å². The molecule has 2 aromatic rings. The maximum absolute atomic E-state index is 13.1. The largest absolute Gasteiger partial charge is 0.367 e. The fourth-order valence-corrected chi connectivity index (χ4v) is 4.99. The molecule has 1 N–H and O–H groups in total. The molecule has 8 heteroatoms. The summed E-state index contributed by atoms with van der Waals surface area (Å²) >= 11 is 6.28. The molecule has 29 heavy (non-hydrogen) atoms. The van der Waals surface area contributed by atoms with Gasteiger partial charge < -0.3 is 9.80 Å². The van der Waals surface area contributed by atoms with Gasteiger partial charge in [-0.3, -0.25) is 4.79 Å². The first-order valence-corrected chi connectivity index (χ1v) is 11.5. The van der Waals surface area contributed by atoms with E-state index in [1.165, 1.54) is 12.1 Å². The Morgan fingerprint density at radius 3 is 2.14 bits per heavy atom. The number of carbonyl (C=O) groups excluding carboxylic acids is 1. The summed E-state index contributed by atoms with van der Waals surface area (Å²) in [6.07, 6.45) is 0. The molecule has 6 nitrogen and oxygen atoms in total. The summed E-state index contributed by atoms with van der Waals surface area (Å²) in [4.78, 5) is 17.1. The van der Waals surface area contributed by atoms with Crippen molar-refractivity contribution in [1.82, 2.24) is 9.62 Å². The summed E-state index contributed by atoms with van der Waals surface area (Å²) in [6.45, 7) is 6.00. The summed E-state index contributed by atoms with van der Waals surface area (Å²) in [6, 6.07) is 14.9. The van der Waals surface area contributed by atoms with Crippen molar-refractivity contribution in [2.75, 3.05) is 31.1 Å². The number of rotatable bonds is 6. The van der Waals surface area contributed by atoms with Gasteiger partial charge >= 0.3 is 0 Å². The maximum Gasteiger partial charge on any atom is 0.241 e. The zero-order chi connectivity index (χ0) is 21.0. The lowest BCUT2D eigenvalue weighted by atomic mass is 10.0. The van der Waals surface area contributed by atoms with Crippen molar-refractivity contribution in [3.05, 3.63) is 59.6 Å². The molecule has 0 aromatic heterocycles. The molecular formula is C21H26ClN3O3S. The molecule has 0 aliphatic carbocycles. The van der Waals surface area contributed by atoms with E-state index in [1.807, 2.05) is 38.1 Å². The molecule has 1 fully saturated rings. The van der Waals surface area contributed by atoms with Crippen molar-refractivity contribution < 1.29 is 13.2 Å². The molecule has 0 unspecified atom stereocenters. The zero-order valence-corrected chi connectivity index (χ0v) is 18.2. The van der Waals surface area contributed by atoms with Crippen LogP contribution in [0.5, 0.6) is 0 Å². The van der Waals surface area contributed by atoms with Gasteiger partial charge in [0.05, 0.1) is 15.6 Å². The third-order valence-corrected chi connectivity index (χ3v) is 6.83. The maximum atomic E-state index is 13.1. The topological polar surface area (TPSA) is 69.7 Å². The third kappa shape index (κ3) is 5.10. The van der Waals surface area contributed by atoms with Crippen LogP contribution in [0.15, 0.2) is 59.5 Å². The first-order valence-electron chi connectivity index (χ1n) is 9.65. The zero-order valence-electron chi connectivity index (χ0n) is 16.6. The quantitative estimate of drug-likeness (QED) is 0.757. The van der Waals surface area contributed by atoms with Crippen molar-refractivity contribution in [2.24, 2.45) is 5.92 Å². The molecule has 1 amide bonds. The Balaban J connectivity index is 1.68. The van der Waals surface area contributed by atoms with Gasteiger partial charge in [-0.15, -0.1) is 0 Å². The molecule has 1 aliphatic heterocycles. The van der Waals surface area contributed by atoms with Gasteiger partial charge in [-0.25, -0.2) is 8.42 Å². The van der Waals surface area contributed by atoms with E-state index in [1.54, 1.807) is 23.1 Å². The first kappa shape index (κ1) is 21.6. The summed E-state index contributed by atoms with van der Waals surface area (Å²) < 4.78 is 28.0. The van der Waals surface area contributed by atoms with Gasteiger partial charge in [-0.1, -0.05) is 55.8 Å². The van der Waals surface area contributed by atoms with E-state index in [-0.39, 0.29) is 16.7 Å². The number of amides is 1. The Morgan fingerprint density at radius 1 is 0.966 bits per heavy atom. The number of nitrogens with zero attached hydrogens (tertiary/aromatic N) is 2. The van der Waals surface area contributed by atoms with E-state index >= 15 is 0 Å². The van der Waals surface area contributed by atoms with Gasteiger partial charge in [0, 0.05) is 26.2 Å².